The summed E-state index contributed by atoms with van der Waals surface area (Å²) in [6.45, 7) is -0.418. The fraction of sp³-hybridized carbons (Fsp3) is 0.111. The lowest BCUT2D eigenvalue weighted by Crippen LogP contribution is -2.21. The molecule has 1 amide bonds. The second-order valence-electron chi connectivity index (χ2n) is 5.31. The van der Waals surface area contributed by atoms with E-state index in [0.29, 0.717) is 16.9 Å². The van der Waals surface area contributed by atoms with Crippen molar-refractivity contribution < 1.29 is 14.3 Å². The highest BCUT2D eigenvalue weighted by atomic mass is 35.5. The highest BCUT2D eigenvalue weighted by Gasteiger charge is 2.13. The third-order valence-corrected chi connectivity index (χ3v) is 5.59. The Hall–Kier alpha value is -2.73. The number of benzene rings is 1. The molecule has 1 aromatic carbocycles. The summed E-state index contributed by atoms with van der Waals surface area (Å²) in [6.07, 6.45) is -0.00213. The summed E-state index contributed by atoms with van der Waals surface area (Å²) < 4.78 is 4.99. The maximum absolute atomic E-state index is 11.9. The molecule has 0 bridgehead atoms. The van der Waals surface area contributed by atoms with Gasteiger partial charge in [-0.1, -0.05) is 17.7 Å². The fourth-order valence-corrected chi connectivity index (χ4v) is 3.98. The predicted molar refractivity (Wildman–Crippen MR) is 105 cm³/mol. The molecule has 0 spiro atoms. The minimum absolute atomic E-state index is 0.00213. The molecule has 0 saturated carbocycles. The van der Waals surface area contributed by atoms with Crippen LogP contribution in [0.3, 0.4) is 0 Å². The van der Waals surface area contributed by atoms with E-state index in [1.165, 1.54) is 23.5 Å². The molecule has 3 rings (SSSR count). The zero-order valence-corrected chi connectivity index (χ0v) is 16.2. The van der Waals surface area contributed by atoms with Gasteiger partial charge in [0.1, 0.15) is 11.1 Å². The van der Waals surface area contributed by atoms with Crippen LogP contribution in [0.25, 0.3) is 9.88 Å². The number of aromatic nitrogens is 1. The maximum Gasteiger partial charge on any atom is 0.312 e. The second kappa shape index (κ2) is 8.77. The normalized spacial score (nSPS) is 10.2. The predicted octanol–water partition coefficient (Wildman–Crippen LogP) is 4.12. The maximum atomic E-state index is 11.9. The molecule has 9 heteroatoms. The topological polar surface area (TPSA) is 92.1 Å². The molecule has 0 saturated heterocycles. The van der Waals surface area contributed by atoms with Crippen molar-refractivity contribution in [1.29, 1.82) is 5.26 Å². The molecule has 0 aliphatic carbocycles. The lowest BCUT2D eigenvalue weighted by molar-refractivity contribution is -0.146. The number of halogens is 1. The number of esters is 1. The lowest BCUT2D eigenvalue weighted by atomic mass is 10.2. The quantitative estimate of drug-likeness (QED) is 0.609. The van der Waals surface area contributed by atoms with Crippen LogP contribution in [-0.2, 0) is 20.7 Å². The summed E-state index contributed by atoms with van der Waals surface area (Å²) in [5.74, 6) is -1.03. The third-order valence-electron chi connectivity index (χ3n) is 3.35. The van der Waals surface area contributed by atoms with E-state index in [1.807, 2.05) is 23.6 Å². The van der Waals surface area contributed by atoms with Crippen molar-refractivity contribution in [2.24, 2.45) is 0 Å². The minimum atomic E-state index is -0.536. The number of hydrogen-bond acceptors (Lipinski definition) is 7. The van der Waals surface area contributed by atoms with Gasteiger partial charge in [0.15, 0.2) is 6.61 Å². The van der Waals surface area contributed by atoms with Crippen molar-refractivity contribution >= 4 is 51.8 Å². The number of nitrogens with one attached hydrogen (secondary N) is 1. The van der Waals surface area contributed by atoms with E-state index in [0.717, 1.165) is 9.88 Å². The van der Waals surface area contributed by atoms with Crippen molar-refractivity contribution in [3.8, 4) is 16.0 Å². The van der Waals surface area contributed by atoms with Crippen molar-refractivity contribution in [1.82, 2.24) is 4.98 Å². The number of thiophene rings is 1. The summed E-state index contributed by atoms with van der Waals surface area (Å²) >= 11 is 8.94. The van der Waals surface area contributed by atoms with Crippen LogP contribution in [0.2, 0.25) is 5.02 Å². The van der Waals surface area contributed by atoms with E-state index in [-0.39, 0.29) is 11.4 Å². The van der Waals surface area contributed by atoms with Crippen LogP contribution >= 0.6 is 34.3 Å². The second-order valence-corrected chi connectivity index (χ2v) is 7.53. The first kappa shape index (κ1) is 19.0. The molecule has 6 nitrogen and oxygen atoms in total. The fourth-order valence-electron chi connectivity index (χ4n) is 2.13. The van der Waals surface area contributed by atoms with Gasteiger partial charge in [0.25, 0.3) is 5.91 Å². The Bertz CT molecular complexity index is 1010. The van der Waals surface area contributed by atoms with Gasteiger partial charge in [0.2, 0.25) is 0 Å². The van der Waals surface area contributed by atoms with Gasteiger partial charge in [-0.15, -0.1) is 22.7 Å². The summed E-state index contributed by atoms with van der Waals surface area (Å²) in [5, 5.41) is 16.2. The van der Waals surface area contributed by atoms with Crippen LogP contribution in [0.4, 0.5) is 5.69 Å². The van der Waals surface area contributed by atoms with Gasteiger partial charge in [-0.25, -0.2) is 4.98 Å². The Morgan fingerprint density at radius 1 is 1.30 bits per heavy atom. The van der Waals surface area contributed by atoms with Crippen molar-refractivity contribution in [3.63, 3.8) is 0 Å². The average molecular weight is 418 g/mol. The number of carbonyl (C=O) groups excluding carboxylic acids is 2. The van der Waals surface area contributed by atoms with E-state index in [9.17, 15) is 9.59 Å². The van der Waals surface area contributed by atoms with Crippen LogP contribution in [0.1, 0.15) is 11.3 Å². The minimum Gasteiger partial charge on any atom is -0.455 e. The molecular formula is C18H12ClN3O3S2. The molecule has 0 unspecified atom stereocenters. The zero-order chi connectivity index (χ0) is 19.2. The number of amides is 1. The van der Waals surface area contributed by atoms with Gasteiger partial charge in [0, 0.05) is 11.1 Å². The summed E-state index contributed by atoms with van der Waals surface area (Å²) in [6, 6.07) is 10.3. The van der Waals surface area contributed by atoms with Gasteiger partial charge in [0.05, 0.1) is 27.6 Å². The van der Waals surface area contributed by atoms with E-state index in [1.54, 1.807) is 22.8 Å². The molecule has 2 heterocycles. The summed E-state index contributed by atoms with van der Waals surface area (Å²) in [4.78, 5) is 29.2. The molecule has 0 atom stereocenters. The number of hydrogen-bond donors (Lipinski definition) is 1. The molecule has 1 N–H and O–H groups in total. The first-order valence-electron chi connectivity index (χ1n) is 7.68. The van der Waals surface area contributed by atoms with E-state index in [2.05, 4.69) is 10.3 Å². The molecule has 3 aromatic rings. The number of anilines is 1. The Morgan fingerprint density at radius 3 is 2.85 bits per heavy atom. The van der Waals surface area contributed by atoms with E-state index in [4.69, 9.17) is 21.6 Å². The molecule has 0 aliphatic heterocycles. The Labute approximate surface area is 168 Å². The van der Waals surface area contributed by atoms with Crippen molar-refractivity contribution in [2.45, 2.75) is 6.42 Å². The van der Waals surface area contributed by atoms with Gasteiger partial charge >= 0.3 is 5.97 Å². The van der Waals surface area contributed by atoms with Crippen LogP contribution in [0, 0.1) is 11.3 Å². The lowest BCUT2D eigenvalue weighted by Gasteiger charge is -2.07. The standard InChI is InChI=1S/C18H12ClN3O3S2/c19-14-6-12(4-3-11(14)8-20)21-16(23)9-25-17(24)7-13-10-27-18(22-13)15-2-1-5-26-15/h1-6,10H,7,9H2,(H,21,23). The Kier molecular flexibility index (Phi) is 6.19. The molecule has 136 valence electrons. The van der Waals surface area contributed by atoms with Crippen LogP contribution in [0.15, 0.2) is 41.1 Å². The van der Waals surface area contributed by atoms with Gasteiger partial charge in [-0.2, -0.15) is 5.26 Å². The van der Waals surface area contributed by atoms with Crippen molar-refractivity contribution in [3.05, 3.63) is 57.4 Å². The molecule has 0 fully saturated rings. The van der Waals surface area contributed by atoms with Crippen molar-refractivity contribution in [2.75, 3.05) is 11.9 Å². The number of carbonyl (C=O) groups is 2. The summed E-state index contributed by atoms with van der Waals surface area (Å²) in [7, 11) is 0. The van der Waals surface area contributed by atoms with Gasteiger partial charge < -0.3 is 10.1 Å². The number of ether oxygens (including phenoxy) is 1. The molecule has 0 radical (unpaired) electrons. The first-order valence-corrected chi connectivity index (χ1v) is 9.82. The smallest absolute Gasteiger partial charge is 0.312 e. The Balaban J connectivity index is 1.48. The highest BCUT2D eigenvalue weighted by Crippen LogP contribution is 2.28. The average Bonchev–Trinajstić information content (AvgIpc) is 3.32. The number of nitriles is 1. The van der Waals surface area contributed by atoms with Crippen LogP contribution in [-0.4, -0.2) is 23.5 Å². The third kappa shape index (κ3) is 5.14. The highest BCUT2D eigenvalue weighted by molar-refractivity contribution is 7.20. The zero-order valence-electron chi connectivity index (χ0n) is 13.8. The number of rotatable bonds is 6. The Morgan fingerprint density at radius 2 is 2.15 bits per heavy atom. The SMILES string of the molecule is N#Cc1ccc(NC(=O)COC(=O)Cc2csc(-c3cccs3)n2)cc1Cl. The van der Waals surface area contributed by atoms with Gasteiger partial charge in [-0.05, 0) is 29.6 Å². The van der Waals surface area contributed by atoms with Crippen LogP contribution in [0.5, 0.6) is 0 Å². The molecule has 2 aromatic heterocycles. The van der Waals surface area contributed by atoms with E-state index >= 15 is 0 Å². The molecular weight excluding hydrogens is 406 g/mol. The largest absolute Gasteiger partial charge is 0.455 e. The molecule has 27 heavy (non-hydrogen) atoms. The summed E-state index contributed by atoms with van der Waals surface area (Å²) in [5.41, 5.74) is 1.33. The van der Waals surface area contributed by atoms with Gasteiger partial charge in [-0.3, -0.25) is 9.59 Å². The number of thiazole rings is 1. The van der Waals surface area contributed by atoms with E-state index < -0.39 is 18.5 Å². The monoisotopic (exact) mass is 417 g/mol. The number of nitrogens with zero attached hydrogens (tertiary/aromatic N) is 2. The first-order chi connectivity index (χ1) is 13.0. The van der Waals surface area contributed by atoms with Crippen LogP contribution < -0.4 is 5.32 Å². The molecule has 0 aliphatic rings.